The van der Waals surface area contributed by atoms with E-state index in [0.29, 0.717) is 35.7 Å². The van der Waals surface area contributed by atoms with Crippen LogP contribution in [0.3, 0.4) is 0 Å². The zero-order chi connectivity index (χ0) is 24.7. The molecule has 178 valence electrons. The largest absolute Gasteiger partial charge is 0.478 e. The van der Waals surface area contributed by atoms with Crippen LogP contribution in [0.5, 0.6) is 0 Å². The highest BCUT2D eigenvalue weighted by Crippen LogP contribution is 2.31. The van der Waals surface area contributed by atoms with Gasteiger partial charge in [-0.25, -0.2) is 14.2 Å². The summed E-state index contributed by atoms with van der Waals surface area (Å²) in [5.74, 6) is -1.41. The molecule has 0 spiro atoms. The Bertz CT molecular complexity index is 1480. The number of halogens is 2. The Morgan fingerprint density at radius 3 is 2.74 bits per heavy atom. The Balaban J connectivity index is 1.44. The summed E-state index contributed by atoms with van der Waals surface area (Å²) in [6, 6.07) is 13.5. The van der Waals surface area contributed by atoms with Gasteiger partial charge in [0.05, 0.1) is 25.1 Å². The molecule has 1 aliphatic rings. The van der Waals surface area contributed by atoms with Crippen molar-refractivity contribution in [2.24, 2.45) is 0 Å². The predicted octanol–water partition coefficient (Wildman–Crippen LogP) is 5.01. The van der Waals surface area contributed by atoms with Crippen LogP contribution >= 0.6 is 11.6 Å². The van der Waals surface area contributed by atoms with Crippen LogP contribution in [0.15, 0.2) is 54.7 Å². The lowest BCUT2D eigenvalue weighted by atomic mass is 10.0. The number of hydrogen-bond acceptors (Lipinski definition) is 3. The maximum Gasteiger partial charge on any atom is 0.335 e. The van der Waals surface area contributed by atoms with Crippen LogP contribution in [0.25, 0.3) is 11.0 Å². The van der Waals surface area contributed by atoms with E-state index >= 15 is 0 Å². The monoisotopic (exact) mass is 491 g/mol. The normalized spacial score (nSPS) is 13.2. The molecule has 0 fully saturated rings. The van der Waals surface area contributed by atoms with Crippen molar-refractivity contribution in [3.63, 3.8) is 0 Å². The fourth-order valence-electron chi connectivity index (χ4n) is 4.83. The number of nitrogens with zero attached hydrogens (tertiary/aromatic N) is 3. The van der Waals surface area contributed by atoms with Crippen LogP contribution in [0.1, 0.15) is 38.3 Å². The first kappa shape index (κ1) is 23.1. The molecule has 0 bridgehead atoms. The number of pyridine rings is 1. The topological polar surface area (TPSA) is 75.4 Å². The number of hydrogen-bond donors (Lipinski definition) is 1. The average molecular weight is 492 g/mol. The number of fused-ring (bicyclic) bond motifs is 3. The van der Waals surface area contributed by atoms with E-state index in [1.807, 2.05) is 16.7 Å². The molecule has 1 amide bonds. The van der Waals surface area contributed by atoms with E-state index in [-0.39, 0.29) is 30.3 Å². The van der Waals surface area contributed by atoms with Gasteiger partial charge in [0, 0.05) is 34.4 Å². The third kappa shape index (κ3) is 4.39. The number of aryl methyl sites for hydroxylation is 1. The molecule has 0 radical (unpaired) electrons. The number of carboxylic acid groups (broad SMARTS) is 1. The number of rotatable bonds is 5. The summed E-state index contributed by atoms with van der Waals surface area (Å²) in [4.78, 5) is 30.8. The Labute approximate surface area is 206 Å². The lowest BCUT2D eigenvalue weighted by molar-refractivity contribution is -0.131. The second kappa shape index (κ2) is 9.15. The van der Waals surface area contributed by atoms with E-state index < -0.39 is 5.97 Å². The third-order valence-electron chi connectivity index (χ3n) is 6.59. The maximum atomic E-state index is 14.6. The molecule has 0 unspecified atom stereocenters. The van der Waals surface area contributed by atoms with E-state index in [1.165, 1.54) is 6.07 Å². The first-order valence-corrected chi connectivity index (χ1v) is 11.7. The van der Waals surface area contributed by atoms with E-state index in [9.17, 15) is 19.1 Å². The van der Waals surface area contributed by atoms with Gasteiger partial charge in [-0.2, -0.15) is 0 Å². The van der Waals surface area contributed by atoms with Crippen molar-refractivity contribution in [3.8, 4) is 0 Å². The number of amides is 1. The molecule has 0 atom stereocenters. The van der Waals surface area contributed by atoms with Crippen molar-refractivity contribution >= 4 is 34.5 Å². The molecule has 35 heavy (non-hydrogen) atoms. The minimum Gasteiger partial charge on any atom is -0.478 e. The summed E-state index contributed by atoms with van der Waals surface area (Å²) in [5, 5.41) is 10.6. The third-order valence-corrected chi connectivity index (χ3v) is 6.82. The fraction of sp³-hybridized carbons (Fsp3) is 0.222. The second-order valence-corrected chi connectivity index (χ2v) is 9.25. The predicted molar refractivity (Wildman–Crippen MR) is 131 cm³/mol. The Hall–Kier alpha value is -3.71. The zero-order valence-electron chi connectivity index (χ0n) is 19.1. The lowest BCUT2D eigenvalue weighted by Gasteiger charge is -2.29. The molecule has 1 aliphatic heterocycles. The summed E-state index contributed by atoms with van der Waals surface area (Å²) in [7, 11) is 0. The van der Waals surface area contributed by atoms with Gasteiger partial charge >= 0.3 is 5.97 Å². The molecule has 4 aromatic rings. The van der Waals surface area contributed by atoms with E-state index in [2.05, 4.69) is 4.98 Å². The summed E-state index contributed by atoms with van der Waals surface area (Å²) in [6.45, 7) is 2.98. The van der Waals surface area contributed by atoms with Crippen molar-refractivity contribution in [2.45, 2.75) is 32.9 Å². The van der Waals surface area contributed by atoms with Crippen molar-refractivity contribution < 1.29 is 19.1 Å². The van der Waals surface area contributed by atoms with Crippen LogP contribution in [-0.4, -0.2) is 38.0 Å². The highest BCUT2D eigenvalue weighted by molar-refractivity contribution is 6.30. The number of carbonyl (C=O) groups excluding carboxylic acids is 1. The van der Waals surface area contributed by atoms with Gasteiger partial charge in [-0.3, -0.25) is 4.79 Å². The minimum atomic E-state index is -0.984. The standard InChI is InChI=1S/C27H23ClFN3O3/c1-16-11-17(4-7-20(16)27(34)35)12-25(33)31-10-8-21-22-3-2-9-30-26(22)32(24(21)15-31)14-18-5-6-19(28)13-23(18)29/h2-7,9,11,13H,8,10,12,14-15H2,1H3,(H,34,35). The first-order valence-electron chi connectivity index (χ1n) is 11.3. The van der Waals surface area contributed by atoms with Crippen LogP contribution in [0.2, 0.25) is 5.02 Å². The SMILES string of the molecule is Cc1cc(CC(=O)N2CCc3c(n(Cc4ccc(Cl)cc4F)c4ncccc34)C2)ccc1C(=O)O. The van der Waals surface area contributed by atoms with Crippen LogP contribution in [-0.2, 0) is 30.7 Å². The van der Waals surface area contributed by atoms with Gasteiger partial charge in [0.25, 0.3) is 0 Å². The number of carbonyl (C=O) groups is 2. The van der Waals surface area contributed by atoms with Crippen LogP contribution in [0, 0.1) is 12.7 Å². The molecule has 1 N–H and O–H groups in total. The lowest BCUT2D eigenvalue weighted by Crippen LogP contribution is -2.37. The van der Waals surface area contributed by atoms with E-state index in [1.54, 1.807) is 48.4 Å². The second-order valence-electron chi connectivity index (χ2n) is 8.82. The van der Waals surface area contributed by atoms with Crippen LogP contribution < -0.4 is 0 Å². The van der Waals surface area contributed by atoms with Gasteiger partial charge in [-0.05, 0) is 60.4 Å². The van der Waals surface area contributed by atoms with Gasteiger partial charge < -0.3 is 14.6 Å². The molecule has 3 heterocycles. The van der Waals surface area contributed by atoms with Gasteiger partial charge in [-0.15, -0.1) is 0 Å². The molecule has 0 aliphatic carbocycles. The summed E-state index contributed by atoms with van der Waals surface area (Å²) < 4.78 is 16.6. The summed E-state index contributed by atoms with van der Waals surface area (Å²) >= 11 is 5.93. The molecule has 0 saturated heterocycles. The smallest absolute Gasteiger partial charge is 0.335 e. The molecular formula is C27H23ClFN3O3. The fourth-order valence-corrected chi connectivity index (χ4v) is 4.98. The molecular weight excluding hydrogens is 469 g/mol. The number of aromatic carboxylic acids is 1. The minimum absolute atomic E-state index is 0.0411. The first-order chi connectivity index (χ1) is 16.8. The van der Waals surface area contributed by atoms with Crippen molar-refractivity contribution in [2.75, 3.05) is 6.54 Å². The summed E-state index contributed by atoms with van der Waals surface area (Å²) in [6.07, 6.45) is 2.57. The van der Waals surface area contributed by atoms with Gasteiger partial charge in [0.15, 0.2) is 0 Å². The molecule has 2 aromatic heterocycles. The average Bonchev–Trinajstić information content (AvgIpc) is 3.13. The highest BCUT2D eigenvalue weighted by Gasteiger charge is 2.27. The molecule has 5 rings (SSSR count). The molecule has 6 nitrogen and oxygen atoms in total. The summed E-state index contributed by atoms with van der Waals surface area (Å²) in [5.41, 5.74) is 4.97. The Kier molecular flexibility index (Phi) is 6.03. The van der Waals surface area contributed by atoms with Crippen molar-refractivity contribution in [1.29, 1.82) is 0 Å². The van der Waals surface area contributed by atoms with Gasteiger partial charge in [0.1, 0.15) is 11.5 Å². The van der Waals surface area contributed by atoms with Crippen molar-refractivity contribution in [3.05, 3.63) is 99.1 Å². The molecule has 2 aromatic carbocycles. The molecule has 0 saturated carbocycles. The number of benzene rings is 2. The Morgan fingerprint density at radius 2 is 2.00 bits per heavy atom. The highest BCUT2D eigenvalue weighted by atomic mass is 35.5. The maximum absolute atomic E-state index is 14.6. The van der Waals surface area contributed by atoms with E-state index in [4.69, 9.17) is 11.6 Å². The van der Waals surface area contributed by atoms with Crippen LogP contribution in [0.4, 0.5) is 4.39 Å². The number of aromatic nitrogens is 2. The zero-order valence-corrected chi connectivity index (χ0v) is 19.8. The van der Waals surface area contributed by atoms with E-state index in [0.717, 1.165) is 27.9 Å². The van der Waals surface area contributed by atoms with Gasteiger partial charge in [-0.1, -0.05) is 29.8 Å². The van der Waals surface area contributed by atoms with Crippen molar-refractivity contribution in [1.82, 2.24) is 14.5 Å². The Morgan fingerprint density at radius 1 is 1.17 bits per heavy atom. The van der Waals surface area contributed by atoms with Gasteiger partial charge in [0.2, 0.25) is 5.91 Å². The molecule has 8 heteroatoms. The quantitative estimate of drug-likeness (QED) is 0.426. The number of carboxylic acids is 1.